The van der Waals surface area contributed by atoms with Crippen LogP contribution in [0.3, 0.4) is 0 Å². The quantitative estimate of drug-likeness (QED) is 0.399. The van der Waals surface area contributed by atoms with Crippen molar-refractivity contribution in [2.45, 2.75) is 6.54 Å². The SMILES string of the molecule is COCC(=O)Nc1c(C(=O)OC)n(C)c2ncc(NCc3cnn(-c4ccccc4)c3)cc12. The summed E-state index contributed by atoms with van der Waals surface area (Å²) in [5.41, 5.74) is 3.74. The van der Waals surface area contributed by atoms with Gasteiger partial charge in [0.15, 0.2) is 5.69 Å². The second-order valence-electron chi connectivity index (χ2n) is 7.33. The van der Waals surface area contributed by atoms with E-state index in [-0.39, 0.29) is 18.2 Å². The van der Waals surface area contributed by atoms with Gasteiger partial charge in [0.25, 0.3) is 0 Å². The number of nitrogens with zero attached hydrogens (tertiary/aromatic N) is 4. The molecule has 0 saturated heterocycles. The molecule has 1 amide bonds. The fourth-order valence-corrected chi connectivity index (χ4v) is 3.55. The second kappa shape index (κ2) is 9.53. The Morgan fingerprint density at radius 3 is 2.64 bits per heavy atom. The zero-order valence-electron chi connectivity index (χ0n) is 18.5. The molecular formula is C23H24N6O4. The minimum Gasteiger partial charge on any atom is -0.464 e. The number of methoxy groups -OCH3 is 2. The minimum atomic E-state index is -0.578. The Hall–Kier alpha value is -4.18. The number of carbonyl (C=O) groups is 2. The average molecular weight is 448 g/mol. The number of ether oxygens (including phenoxy) is 2. The van der Waals surface area contributed by atoms with Gasteiger partial charge in [-0.1, -0.05) is 18.2 Å². The van der Waals surface area contributed by atoms with E-state index in [2.05, 4.69) is 20.7 Å². The zero-order valence-corrected chi connectivity index (χ0v) is 18.5. The Labute approximate surface area is 190 Å². The maximum absolute atomic E-state index is 12.4. The van der Waals surface area contributed by atoms with Crippen molar-refractivity contribution in [3.63, 3.8) is 0 Å². The number of carbonyl (C=O) groups excluding carboxylic acids is 2. The summed E-state index contributed by atoms with van der Waals surface area (Å²) in [6, 6.07) is 11.7. The Balaban J connectivity index is 1.61. The van der Waals surface area contributed by atoms with E-state index in [1.54, 1.807) is 24.0 Å². The lowest BCUT2D eigenvalue weighted by atomic mass is 10.2. The highest BCUT2D eigenvalue weighted by molar-refractivity contribution is 6.11. The number of para-hydroxylation sites is 1. The minimum absolute atomic E-state index is 0.145. The summed E-state index contributed by atoms with van der Waals surface area (Å²) >= 11 is 0. The highest BCUT2D eigenvalue weighted by Gasteiger charge is 2.24. The van der Waals surface area contributed by atoms with Crippen LogP contribution in [0.25, 0.3) is 16.7 Å². The molecule has 3 aromatic heterocycles. The zero-order chi connectivity index (χ0) is 23.4. The monoisotopic (exact) mass is 448 g/mol. The first-order valence-corrected chi connectivity index (χ1v) is 10.2. The summed E-state index contributed by atoms with van der Waals surface area (Å²) < 4.78 is 13.2. The van der Waals surface area contributed by atoms with E-state index < -0.39 is 5.97 Å². The molecule has 170 valence electrons. The lowest BCUT2D eigenvalue weighted by Crippen LogP contribution is -2.19. The predicted octanol–water partition coefficient (Wildman–Crippen LogP) is 2.74. The van der Waals surface area contributed by atoms with E-state index in [9.17, 15) is 9.59 Å². The topological polar surface area (TPSA) is 112 Å². The number of anilines is 2. The van der Waals surface area contributed by atoms with Crippen LogP contribution in [-0.2, 0) is 27.9 Å². The first-order valence-electron chi connectivity index (χ1n) is 10.2. The number of pyridine rings is 1. The molecule has 33 heavy (non-hydrogen) atoms. The van der Waals surface area contributed by atoms with Crippen LogP contribution in [0.1, 0.15) is 16.1 Å². The number of hydrogen-bond donors (Lipinski definition) is 2. The van der Waals surface area contributed by atoms with Crippen molar-refractivity contribution in [1.29, 1.82) is 0 Å². The number of benzene rings is 1. The Morgan fingerprint density at radius 1 is 1.12 bits per heavy atom. The standard InChI is InChI=1S/C23H24N6O4/c1-28-21(23(31)33-3)20(27-19(30)14-32-2)18-9-16(12-25-22(18)28)24-10-15-11-26-29(13-15)17-7-5-4-6-8-17/h4-9,11-13,24H,10,14H2,1-3H3,(H,27,30). The second-order valence-corrected chi connectivity index (χ2v) is 7.33. The van der Waals surface area contributed by atoms with Gasteiger partial charge in [0.1, 0.15) is 12.3 Å². The van der Waals surface area contributed by atoms with Gasteiger partial charge in [0, 0.05) is 37.8 Å². The van der Waals surface area contributed by atoms with Gasteiger partial charge >= 0.3 is 5.97 Å². The lowest BCUT2D eigenvalue weighted by molar-refractivity contribution is -0.119. The van der Waals surface area contributed by atoms with Gasteiger partial charge in [-0.15, -0.1) is 0 Å². The largest absolute Gasteiger partial charge is 0.464 e. The van der Waals surface area contributed by atoms with Crippen LogP contribution in [-0.4, -0.2) is 52.0 Å². The molecule has 4 aromatic rings. The van der Waals surface area contributed by atoms with Gasteiger partial charge in [-0.2, -0.15) is 5.10 Å². The number of hydrogen-bond acceptors (Lipinski definition) is 7. The number of rotatable bonds is 8. The van der Waals surface area contributed by atoms with Crippen molar-refractivity contribution < 1.29 is 19.1 Å². The van der Waals surface area contributed by atoms with Gasteiger partial charge in [-0.05, 0) is 18.2 Å². The first kappa shape index (κ1) is 22.0. The van der Waals surface area contributed by atoms with Gasteiger partial charge in [-0.3, -0.25) is 4.79 Å². The van der Waals surface area contributed by atoms with Crippen LogP contribution in [0.15, 0.2) is 55.0 Å². The summed E-state index contributed by atoms with van der Waals surface area (Å²) in [4.78, 5) is 29.1. The number of aryl methyl sites for hydroxylation is 1. The molecule has 2 N–H and O–H groups in total. The van der Waals surface area contributed by atoms with Crippen molar-refractivity contribution >= 4 is 34.3 Å². The average Bonchev–Trinajstić information content (AvgIpc) is 3.41. The molecule has 0 spiro atoms. The molecule has 0 aliphatic rings. The third-order valence-corrected chi connectivity index (χ3v) is 5.10. The number of esters is 1. The molecule has 0 atom stereocenters. The van der Waals surface area contributed by atoms with Crippen LogP contribution >= 0.6 is 0 Å². The molecule has 0 aliphatic heterocycles. The molecule has 10 heteroatoms. The molecular weight excluding hydrogens is 424 g/mol. The summed E-state index contributed by atoms with van der Waals surface area (Å²) in [7, 11) is 4.41. The van der Waals surface area contributed by atoms with E-state index in [0.717, 1.165) is 16.9 Å². The highest BCUT2D eigenvalue weighted by atomic mass is 16.5. The van der Waals surface area contributed by atoms with Crippen LogP contribution in [0.5, 0.6) is 0 Å². The number of fused-ring (bicyclic) bond motifs is 1. The lowest BCUT2D eigenvalue weighted by Gasteiger charge is -2.08. The molecule has 1 aromatic carbocycles. The summed E-state index contributed by atoms with van der Waals surface area (Å²) in [6.07, 6.45) is 5.41. The van der Waals surface area contributed by atoms with E-state index in [1.165, 1.54) is 14.2 Å². The molecule has 0 aliphatic carbocycles. The smallest absolute Gasteiger partial charge is 0.356 e. The summed E-state index contributed by atoms with van der Waals surface area (Å²) in [6.45, 7) is 0.371. The van der Waals surface area contributed by atoms with Gasteiger partial charge < -0.3 is 24.7 Å². The van der Waals surface area contributed by atoms with Crippen LogP contribution in [0.4, 0.5) is 11.4 Å². The van der Waals surface area contributed by atoms with Crippen LogP contribution in [0.2, 0.25) is 0 Å². The maximum Gasteiger partial charge on any atom is 0.356 e. The summed E-state index contributed by atoms with van der Waals surface area (Å²) in [5, 5.41) is 11.1. The number of nitrogens with one attached hydrogen (secondary N) is 2. The van der Waals surface area contributed by atoms with Gasteiger partial charge in [-0.25, -0.2) is 14.5 Å². The van der Waals surface area contributed by atoms with E-state index in [1.807, 2.05) is 47.3 Å². The molecule has 0 saturated carbocycles. The molecule has 0 unspecified atom stereocenters. The third kappa shape index (κ3) is 4.55. The Kier molecular flexibility index (Phi) is 6.36. The number of aromatic nitrogens is 4. The molecule has 10 nitrogen and oxygen atoms in total. The highest BCUT2D eigenvalue weighted by Crippen LogP contribution is 2.31. The fraction of sp³-hybridized carbons (Fsp3) is 0.217. The van der Waals surface area contributed by atoms with E-state index in [0.29, 0.717) is 23.3 Å². The normalized spacial score (nSPS) is 10.9. The molecule has 0 bridgehead atoms. The van der Waals surface area contributed by atoms with E-state index >= 15 is 0 Å². The van der Waals surface area contributed by atoms with E-state index in [4.69, 9.17) is 9.47 Å². The van der Waals surface area contributed by atoms with Crippen LogP contribution in [0, 0.1) is 0 Å². The maximum atomic E-state index is 12.4. The van der Waals surface area contributed by atoms with Crippen molar-refractivity contribution in [1.82, 2.24) is 19.3 Å². The van der Waals surface area contributed by atoms with Gasteiger partial charge in [0.05, 0.1) is 36.6 Å². The Bertz CT molecular complexity index is 1300. The molecule has 0 radical (unpaired) electrons. The van der Waals surface area contributed by atoms with Crippen molar-refractivity contribution in [2.75, 3.05) is 31.5 Å². The molecule has 4 rings (SSSR count). The molecule has 0 fully saturated rings. The summed E-state index contributed by atoms with van der Waals surface area (Å²) in [5.74, 6) is -0.965. The predicted molar refractivity (Wildman–Crippen MR) is 123 cm³/mol. The van der Waals surface area contributed by atoms with Crippen molar-refractivity contribution in [3.8, 4) is 5.69 Å². The Morgan fingerprint density at radius 2 is 1.91 bits per heavy atom. The molecule has 3 heterocycles. The fourth-order valence-electron chi connectivity index (χ4n) is 3.55. The van der Waals surface area contributed by atoms with Crippen molar-refractivity contribution in [3.05, 3.63) is 66.2 Å². The first-order chi connectivity index (χ1) is 16.0. The number of amides is 1. The van der Waals surface area contributed by atoms with Crippen molar-refractivity contribution in [2.24, 2.45) is 7.05 Å². The van der Waals surface area contributed by atoms with Gasteiger partial charge in [0.2, 0.25) is 5.91 Å². The third-order valence-electron chi connectivity index (χ3n) is 5.10. The van der Waals surface area contributed by atoms with Crippen LogP contribution < -0.4 is 10.6 Å².